The Hall–Kier alpha value is -3.27. The lowest BCUT2D eigenvalue weighted by molar-refractivity contribution is -0.137. The Morgan fingerprint density at radius 3 is 2.39 bits per heavy atom. The predicted octanol–water partition coefficient (Wildman–Crippen LogP) is 5.13. The van der Waals surface area contributed by atoms with Crippen LogP contribution in [-0.2, 0) is 10.9 Å². The van der Waals surface area contributed by atoms with Gasteiger partial charge in [-0.25, -0.2) is 9.97 Å². The highest BCUT2D eigenvalue weighted by atomic mass is 19.4. The van der Waals surface area contributed by atoms with Gasteiger partial charge >= 0.3 is 6.18 Å². The van der Waals surface area contributed by atoms with E-state index in [1.807, 2.05) is 6.92 Å². The SMILES string of the molecule is COc1cc2nc(C)nc(N[C@H](C)c3cc(N)cc(C(F)(F)F)c3)c2cc1OC[C@@H](C)OC. The molecule has 0 saturated heterocycles. The normalized spacial score (nSPS) is 13.6. The van der Waals surface area contributed by atoms with Crippen LogP contribution in [0.1, 0.15) is 36.8 Å². The molecule has 0 amide bonds. The molecule has 0 bridgehead atoms. The molecule has 0 radical (unpaired) electrons. The maximum atomic E-state index is 13.2. The number of nitrogens with two attached hydrogens (primary N) is 1. The summed E-state index contributed by atoms with van der Waals surface area (Å²) in [6.45, 7) is 5.64. The highest BCUT2D eigenvalue weighted by Gasteiger charge is 2.31. The monoisotopic (exact) mass is 464 g/mol. The molecule has 0 fully saturated rings. The molecule has 2 aromatic carbocycles. The van der Waals surface area contributed by atoms with Crippen molar-refractivity contribution in [3.8, 4) is 11.5 Å². The maximum absolute atomic E-state index is 13.2. The second-order valence-electron chi connectivity index (χ2n) is 7.75. The first-order chi connectivity index (χ1) is 15.5. The number of alkyl halides is 3. The number of rotatable bonds is 8. The Bertz CT molecular complexity index is 1140. The molecule has 0 unspecified atom stereocenters. The molecule has 1 aromatic heterocycles. The van der Waals surface area contributed by atoms with E-state index in [0.29, 0.717) is 46.2 Å². The topological polar surface area (TPSA) is 91.5 Å². The number of aromatic nitrogens is 2. The van der Waals surface area contributed by atoms with Gasteiger partial charge in [0.2, 0.25) is 0 Å². The van der Waals surface area contributed by atoms with Crippen LogP contribution in [0.5, 0.6) is 11.5 Å². The number of nitrogen functional groups attached to an aromatic ring is 1. The molecule has 0 aliphatic rings. The third kappa shape index (κ3) is 5.75. The molecule has 1 heterocycles. The number of halogens is 3. The number of anilines is 2. The van der Waals surface area contributed by atoms with Crippen molar-refractivity contribution in [2.24, 2.45) is 0 Å². The lowest BCUT2D eigenvalue weighted by Crippen LogP contribution is -2.16. The summed E-state index contributed by atoms with van der Waals surface area (Å²) in [5, 5.41) is 3.83. The van der Waals surface area contributed by atoms with Crippen molar-refractivity contribution in [2.75, 3.05) is 31.9 Å². The molecule has 10 heteroatoms. The summed E-state index contributed by atoms with van der Waals surface area (Å²) in [7, 11) is 3.12. The highest BCUT2D eigenvalue weighted by Crippen LogP contribution is 2.37. The molecule has 7 nitrogen and oxygen atoms in total. The lowest BCUT2D eigenvalue weighted by Gasteiger charge is -2.20. The average Bonchev–Trinajstić information content (AvgIpc) is 2.75. The minimum absolute atomic E-state index is 0.0323. The lowest BCUT2D eigenvalue weighted by atomic mass is 10.0. The fourth-order valence-corrected chi connectivity index (χ4v) is 3.29. The molecule has 0 saturated carbocycles. The van der Waals surface area contributed by atoms with Gasteiger partial charge < -0.3 is 25.3 Å². The zero-order valence-electron chi connectivity index (χ0n) is 19.1. The van der Waals surface area contributed by atoms with E-state index in [9.17, 15) is 13.2 Å². The van der Waals surface area contributed by atoms with Gasteiger partial charge in [-0.1, -0.05) is 0 Å². The summed E-state index contributed by atoms with van der Waals surface area (Å²) in [5.41, 5.74) is 5.94. The summed E-state index contributed by atoms with van der Waals surface area (Å²) in [6.07, 6.45) is -4.63. The van der Waals surface area contributed by atoms with Crippen molar-refractivity contribution in [3.63, 3.8) is 0 Å². The molecular formula is C23H27F3N4O3. The summed E-state index contributed by atoms with van der Waals surface area (Å²) in [4.78, 5) is 8.93. The van der Waals surface area contributed by atoms with E-state index >= 15 is 0 Å². The van der Waals surface area contributed by atoms with E-state index < -0.39 is 17.8 Å². The molecule has 33 heavy (non-hydrogen) atoms. The van der Waals surface area contributed by atoms with Crippen molar-refractivity contribution >= 4 is 22.4 Å². The Labute approximate surface area is 190 Å². The van der Waals surface area contributed by atoms with Crippen LogP contribution in [0.2, 0.25) is 0 Å². The number of nitrogens with one attached hydrogen (secondary N) is 1. The van der Waals surface area contributed by atoms with Gasteiger partial charge in [-0.05, 0) is 50.6 Å². The molecule has 0 aliphatic carbocycles. The van der Waals surface area contributed by atoms with Crippen LogP contribution in [0.25, 0.3) is 10.9 Å². The Morgan fingerprint density at radius 1 is 1.03 bits per heavy atom. The van der Waals surface area contributed by atoms with Crippen molar-refractivity contribution in [2.45, 2.75) is 39.1 Å². The standard InChI is InChI=1S/C23H27F3N4O3/c1-12(31-4)11-33-21-9-18-19(10-20(21)32-5)29-14(3)30-22(18)28-13(2)15-6-16(23(24,25)26)8-17(27)7-15/h6-10,12-13H,11,27H2,1-5H3,(H,28,29,30)/t12-,13-/m1/s1. The van der Waals surface area contributed by atoms with Crippen LogP contribution >= 0.6 is 0 Å². The summed E-state index contributed by atoms with van der Waals surface area (Å²) in [6, 6.07) is 6.45. The van der Waals surface area contributed by atoms with Gasteiger partial charge in [-0.2, -0.15) is 13.2 Å². The fourth-order valence-electron chi connectivity index (χ4n) is 3.29. The quantitative estimate of drug-likeness (QED) is 0.446. The third-order valence-corrected chi connectivity index (χ3v) is 5.13. The highest BCUT2D eigenvalue weighted by molar-refractivity contribution is 5.92. The van der Waals surface area contributed by atoms with E-state index in [-0.39, 0.29) is 11.8 Å². The van der Waals surface area contributed by atoms with Crippen LogP contribution in [0.4, 0.5) is 24.7 Å². The second kappa shape index (κ2) is 9.70. The minimum atomic E-state index is -4.50. The number of hydrogen-bond donors (Lipinski definition) is 2. The van der Waals surface area contributed by atoms with E-state index in [1.54, 1.807) is 33.1 Å². The van der Waals surface area contributed by atoms with Gasteiger partial charge in [-0.15, -0.1) is 0 Å². The summed E-state index contributed by atoms with van der Waals surface area (Å²) in [5.74, 6) is 1.91. The number of ether oxygens (including phenoxy) is 3. The fraction of sp³-hybridized carbons (Fsp3) is 0.391. The Balaban J connectivity index is 2.01. The van der Waals surface area contributed by atoms with Gasteiger partial charge in [0.05, 0.1) is 30.3 Å². The molecule has 3 aromatic rings. The number of nitrogens with zero attached hydrogens (tertiary/aromatic N) is 2. The zero-order valence-corrected chi connectivity index (χ0v) is 19.1. The first-order valence-corrected chi connectivity index (χ1v) is 10.3. The van der Waals surface area contributed by atoms with Crippen LogP contribution in [-0.4, -0.2) is 36.9 Å². The van der Waals surface area contributed by atoms with Crippen LogP contribution < -0.4 is 20.5 Å². The maximum Gasteiger partial charge on any atom is 0.416 e. The van der Waals surface area contributed by atoms with Crippen molar-refractivity contribution in [1.29, 1.82) is 0 Å². The predicted molar refractivity (Wildman–Crippen MR) is 121 cm³/mol. The van der Waals surface area contributed by atoms with Crippen LogP contribution in [0.15, 0.2) is 30.3 Å². The molecular weight excluding hydrogens is 437 g/mol. The van der Waals surface area contributed by atoms with E-state index in [2.05, 4.69) is 15.3 Å². The molecule has 0 spiro atoms. The first kappa shape index (κ1) is 24.4. The van der Waals surface area contributed by atoms with Crippen molar-refractivity contribution in [3.05, 3.63) is 47.3 Å². The van der Waals surface area contributed by atoms with Crippen LogP contribution in [0.3, 0.4) is 0 Å². The summed E-state index contributed by atoms with van der Waals surface area (Å²) >= 11 is 0. The number of aryl methyl sites for hydroxylation is 1. The van der Waals surface area contributed by atoms with Gasteiger partial charge in [0.1, 0.15) is 18.2 Å². The summed E-state index contributed by atoms with van der Waals surface area (Å²) < 4.78 is 56.2. The molecule has 178 valence electrons. The average molecular weight is 464 g/mol. The molecule has 3 rings (SSSR count). The van der Waals surface area contributed by atoms with E-state index in [1.165, 1.54) is 13.2 Å². The largest absolute Gasteiger partial charge is 0.493 e. The second-order valence-corrected chi connectivity index (χ2v) is 7.75. The van der Waals surface area contributed by atoms with Gasteiger partial charge in [0, 0.05) is 24.2 Å². The molecule has 3 N–H and O–H groups in total. The third-order valence-electron chi connectivity index (χ3n) is 5.13. The first-order valence-electron chi connectivity index (χ1n) is 10.3. The van der Waals surface area contributed by atoms with Gasteiger partial charge in [0.15, 0.2) is 11.5 Å². The minimum Gasteiger partial charge on any atom is -0.493 e. The van der Waals surface area contributed by atoms with E-state index in [0.717, 1.165) is 12.1 Å². The number of benzene rings is 2. The van der Waals surface area contributed by atoms with Gasteiger partial charge in [-0.3, -0.25) is 0 Å². The van der Waals surface area contributed by atoms with Crippen molar-refractivity contribution in [1.82, 2.24) is 9.97 Å². The van der Waals surface area contributed by atoms with E-state index in [4.69, 9.17) is 19.9 Å². The molecule has 0 aliphatic heterocycles. The van der Waals surface area contributed by atoms with Gasteiger partial charge in [0.25, 0.3) is 0 Å². The Kier molecular flexibility index (Phi) is 7.16. The zero-order chi connectivity index (χ0) is 24.3. The number of fused-ring (bicyclic) bond motifs is 1. The number of methoxy groups -OCH3 is 2. The Morgan fingerprint density at radius 2 is 1.76 bits per heavy atom. The smallest absolute Gasteiger partial charge is 0.416 e. The molecule has 2 atom stereocenters. The van der Waals surface area contributed by atoms with Crippen LogP contribution in [0, 0.1) is 6.92 Å². The van der Waals surface area contributed by atoms with Crippen molar-refractivity contribution < 1.29 is 27.4 Å². The number of hydrogen-bond acceptors (Lipinski definition) is 7.